The summed E-state index contributed by atoms with van der Waals surface area (Å²) in [4.78, 5) is 27.5. The van der Waals surface area contributed by atoms with E-state index in [-0.39, 0.29) is 24.5 Å². The molecular weight excluding hydrogens is 278 g/mol. The van der Waals surface area contributed by atoms with Crippen LogP contribution < -0.4 is 5.32 Å². The van der Waals surface area contributed by atoms with Crippen LogP contribution in [0.25, 0.3) is 0 Å². The standard InChI is InChI=1S/C17H23N3O2/c1-4-19-10-20(9-15(19)21)17(22)18-14-6-5-13-8-11(2)7-12(3)16(13)14/h7-8,14H,4-6,9-10H2,1-3H3,(H,18,22). The van der Waals surface area contributed by atoms with Crippen molar-refractivity contribution < 1.29 is 9.59 Å². The third-order valence-electron chi connectivity index (χ3n) is 4.65. The summed E-state index contributed by atoms with van der Waals surface area (Å²) in [5, 5.41) is 3.11. The van der Waals surface area contributed by atoms with Gasteiger partial charge in [0.1, 0.15) is 6.54 Å². The Hall–Kier alpha value is -2.04. The van der Waals surface area contributed by atoms with E-state index < -0.39 is 0 Å². The Labute approximate surface area is 131 Å². The van der Waals surface area contributed by atoms with Gasteiger partial charge in [0.25, 0.3) is 0 Å². The second-order valence-electron chi connectivity index (χ2n) is 6.28. The Morgan fingerprint density at radius 2 is 2.14 bits per heavy atom. The number of carbonyl (C=O) groups is 2. The third kappa shape index (κ3) is 2.56. The van der Waals surface area contributed by atoms with Gasteiger partial charge in [0.05, 0.1) is 12.7 Å². The number of benzene rings is 1. The van der Waals surface area contributed by atoms with Crippen molar-refractivity contribution in [3.8, 4) is 0 Å². The van der Waals surface area contributed by atoms with Crippen LogP contribution in [0.2, 0.25) is 0 Å². The first-order valence-corrected chi connectivity index (χ1v) is 7.92. The molecule has 22 heavy (non-hydrogen) atoms. The number of aryl methyl sites for hydroxylation is 3. The molecular formula is C17H23N3O2. The van der Waals surface area contributed by atoms with Crippen molar-refractivity contribution in [2.75, 3.05) is 19.8 Å². The van der Waals surface area contributed by atoms with E-state index in [9.17, 15) is 9.59 Å². The minimum atomic E-state index is -0.137. The SMILES string of the molecule is CCN1CN(C(=O)NC2CCc3cc(C)cc(C)c32)CC1=O. The summed E-state index contributed by atoms with van der Waals surface area (Å²) >= 11 is 0. The summed E-state index contributed by atoms with van der Waals surface area (Å²) in [5.41, 5.74) is 5.12. The van der Waals surface area contributed by atoms with E-state index in [2.05, 4.69) is 31.3 Å². The van der Waals surface area contributed by atoms with Gasteiger partial charge in [0, 0.05) is 6.54 Å². The Bertz CT molecular complexity index is 627. The van der Waals surface area contributed by atoms with Crippen molar-refractivity contribution in [3.05, 3.63) is 34.4 Å². The number of hydrogen-bond donors (Lipinski definition) is 1. The second-order valence-corrected chi connectivity index (χ2v) is 6.28. The van der Waals surface area contributed by atoms with Gasteiger partial charge in [-0.3, -0.25) is 9.69 Å². The highest BCUT2D eigenvalue weighted by molar-refractivity contribution is 5.87. The van der Waals surface area contributed by atoms with Crippen molar-refractivity contribution >= 4 is 11.9 Å². The molecule has 2 aliphatic rings. The minimum absolute atomic E-state index is 0.0243. The molecule has 1 unspecified atom stereocenters. The zero-order valence-electron chi connectivity index (χ0n) is 13.5. The quantitative estimate of drug-likeness (QED) is 0.909. The van der Waals surface area contributed by atoms with E-state index in [1.807, 2.05) is 6.92 Å². The van der Waals surface area contributed by atoms with Crippen LogP contribution in [0.5, 0.6) is 0 Å². The molecule has 1 atom stereocenters. The molecule has 3 rings (SSSR count). The number of hydrogen-bond acceptors (Lipinski definition) is 2. The second kappa shape index (κ2) is 5.63. The number of amides is 3. The fraction of sp³-hybridized carbons (Fsp3) is 0.529. The van der Waals surface area contributed by atoms with Gasteiger partial charge in [-0.05, 0) is 50.3 Å². The van der Waals surface area contributed by atoms with Crippen LogP contribution in [0, 0.1) is 13.8 Å². The number of fused-ring (bicyclic) bond motifs is 1. The van der Waals surface area contributed by atoms with E-state index in [1.165, 1.54) is 22.3 Å². The summed E-state index contributed by atoms with van der Waals surface area (Å²) in [6, 6.07) is 4.31. The lowest BCUT2D eigenvalue weighted by Crippen LogP contribution is -2.41. The molecule has 1 saturated heterocycles. The van der Waals surface area contributed by atoms with Gasteiger partial charge in [-0.25, -0.2) is 4.79 Å². The molecule has 5 heteroatoms. The summed E-state index contributed by atoms with van der Waals surface area (Å²) in [6.45, 7) is 7.37. The molecule has 5 nitrogen and oxygen atoms in total. The number of likely N-dealkylation sites (N-methyl/N-ethyl adjacent to an activating group) is 1. The number of carbonyl (C=O) groups excluding carboxylic acids is 2. The molecule has 1 aromatic rings. The van der Waals surface area contributed by atoms with Crippen molar-refractivity contribution in [2.45, 2.75) is 39.7 Å². The van der Waals surface area contributed by atoms with E-state index in [0.29, 0.717) is 13.2 Å². The molecule has 1 aliphatic heterocycles. The molecule has 0 saturated carbocycles. The predicted octanol–water partition coefficient (Wildman–Crippen LogP) is 2.12. The summed E-state index contributed by atoms with van der Waals surface area (Å²) in [5.74, 6) is 0.0243. The molecule has 118 valence electrons. The van der Waals surface area contributed by atoms with Crippen LogP contribution in [-0.4, -0.2) is 41.5 Å². The first-order chi connectivity index (χ1) is 10.5. The zero-order chi connectivity index (χ0) is 15.9. The minimum Gasteiger partial charge on any atom is -0.331 e. The first kappa shape index (κ1) is 14.9. The first-order valence-electron chi connectivity index (χ1n) is 7.92. The molecule has 1 aliphatic carbocycles. The molecule has 0 bridgehead atoms. The fourth-order valence-corrected chi connectivity index (χ4v) is 3.61. The van der Waals surface area contributed by atoms with Gasteiger partial charge in [0.15, 0.2) is 0 Å². The smallest absolute Gasteiger partial charge is 0.319 e. The molecule has 0 radical (unpaired) electrons. The zero-order valence-corrected chi connectivity index (χ0v) is 13.5. The average Bonchev–Trinajstić information content (AvgIpc) is 3.02. The molecule has 1 N–H and O–H groups in total. The highest BCUT2D eigenvalue weighted by Gasteiger charge is 2.32. The van der Waals surface area contributed by atoms with Crippen molar-refractivity contribution in [3.63, 3.8) is 0 Å². The fourth-order valence-electron chi connectivity index (χ4n) is 3.61. The van der Waals surface area contributed by atoms with E-state index in [1.54, 1.807) is 9.80 Å². The largest absolute Gasteiger partial charge is 0.331 e. The molecule has 0 aromatic heterocycles. The summed E-state index contributed by atoms with van der Waals surface area (Å²) in [6.07, 6.45) is 1.94. The maximum atomic E-state index is 12.4. The number of nitrogens with zero attached hydrogens (tertiary/aromatic N) is 2. The number of nitrogens with one attached hydrogen (secondary N) is 1. The van der Waals surface area contributed by atoms with Crippen LogP contribution in [0.3, 0.4) is 0 Å². The van der Waals surface area contributed by atoms with Gasteiger partial charge >= 0.3 is 6.03 Å². The van der Waals surface area contributed by atoms with Crippen molar-refractivity contribution in [1.82, 2.24) is 15.1 Å². The predicted molar refractivity (Wildman–Crippen MR) is 84.5 cm³/mol. The van der Waals surface area contributed by atoms with E-state index in [0.717, 1.165) is 12.8 Å². The van der Waals surface area contributed by atoms with Crippen LogP contribution in [0.15, 0.2) is 12.1 Å². The summed E-state index contributed by atoms with van der Waals surface area (Å²) in [7, 11) is 0. The third-order valence-corrected chi connectivity index (χ3v) is 4.65. The molecule has 0 spiro atoms. The van der Waals surface area contributed by atoms with Crippen LogP contribution in [-0.2, 0) is 11.2 Å². The topological polar surface area (TPSA) is 52.6 Å². The highest BCUT2D eigenvalue weighted by atomic mass is 16.2. The molecule has 1 aromatic carbocycles. The molecule has 3 amide bonds. The van der Waals surface area contributed by atoms with E-state index >= 15 is 0 Å². The lowest BCUT2D eigenvalue weighted by molar-refractivity contribution is -0.126. The van der Waals surface area contributed by atoms with E-state index in [4.69, 9.17) is 0 Å². The Balaban J connectivity index is 1.71. The Morgan fingerprint density at radius 1 is 1.36 bits per heavy atom. The van der Waals surface area contributed by atoms with Gasteiger partial charge < -0.3 is 10.2 Å². The number of rotatable bonds is 2. The summed E-state index contributed by atoms with van der Waals surface area (Å²) < 4.78 is 0. The molecule has 1 fully saturated rings. The number of urea groups is 1. The van der Waals surface area contributed by atoms with Crippen molar-refractivity contribution in [1.29, 1.82) is 0 Å². The van der Waals surface area contributed by atoms with Gasteiger partial charge in [-0.1, -0.05) is 17.7 Å². The van der Waals surface area contributed by atoms with Gasteiger partial charge in [0.2, 0.25) is 5.91 Å². The maximum Gasteiger partial charge on any atom is 0.319 e. The molecule has 1 heterocycles. The lowest BCUT2D eigenvalue weighted by Gasteiger charge is -2.22. The van der Waals surface area contributed by atoms with Crippen LogP contribution in [0.1, 0.15) is 41.6 Å². The van der Waals surface area contributed by atoms with Crippen molar-refractivity contribution in [2.24, 2.45) is 0 Å². The van der Waals surface area contributed by atoms with Crippen LogP contribution >= 0.6 is 0 Å². The Morgan fingerprint density at radius 3 is 2.82 bits per heavy atom. The van der Waals surface area contributed by atoms with Gasteiger partial charge in [-0.15, -0.1) is 0 Å². The van der Waals surface area contributed by atoms with Crippen LogP contribution in [0.4, 0.5) is 4.79 Å². The lowest BCUT2D eigenvalue weighted by atomic mass is 9.99. The van der Waals surface area contributed by atoms with Gasteiger partial charge in [-0.2, -0.15) is 0 Å². The normalized spacial score (nSPS) is 20.5. The monoisotopic (exact) mass is 301 g/mol. The highest BCUT2D eigenvalue weighted by Crippen LogP contribution is 2.34. The Kier molecular flexibility index (Phi) is 3.81. The maximum absolute atomic E-state index is 12.4. The average molecular weight is 301 g/mol.